The Bertz CT molecular complexity index is 186. The molecule has 1 rings (SSSR count). The highest BCUT2D eigenvalue weighted by atomic mass is 14.9. The summed E-state index contributed by atoms with van der Waals surface area (Å²) in [5.74, 6) is 0.938. The third-order valence-corrected chi connectivity index (χ3v) is 4.31. The van der Waals surface area contributed by atoms with Crippen molar-refractivity contribution in [1.29, 1.82) is 0 Å². The van der Waals surface area contributed by atoms with Crippen LogP contribution in [0.2, 0.25) is 0 Å². The largest absolute Gasteiger partial charge is 0.317 e. The van der Waals surface area contributed by atoms with Gasteiger partial charge in [0.25, 0.3) is 0 Å². The minimum Gasteiger partial charge on any atom is -0.317 e. The molecule has 1 aliphatic rings. The number of nitrogens with one attached hydrogen (secondary N) is 1. The number of unbranched alkanes of at least 4 members (excludes halogenated alkanes) is 5. The van der Waals surface area contributed by atoms with Crippen LogP contribution in [0.4, 0.5) is 0 Å². The fraction of sp³-hybridized carbons (Fsp3) is 1.00. The molecule has 0 heterocycles. The lowest BCUT2D eigenvalue weighted by Crippen LogP contribution is -2.29. The smallest absolute Gasteiger partial charge is 0.00976 e. The molecule has 2 unspecified atom stereocenters. The highest BCUT2D eigenvalue weighted by Crippen LogP contribution is 2.54. The van der Waals surface area contributed by atoms with Gasteiger partial charge in [-0.25, -0.2) is 0 Å². The second-order valence-electron chi connectivity index (χ2n) is 6.25. The number of rotatable bonds is 9. The lowest BCUT2D eigenvalue weighted by atomic mass is 9.98. The van der Waals surface area contributed by atoms with Gasteiger partial charge in [-0.3, -0.25) is 0 Å². The first kappa shape index (κ1) is 14.0. The van der Waals surface area contributed by atoms with Gasteiger partial charge in [-0.15, -0.1) is 0 Å². The molecule has 0 bridgehead atoms. The molecule has 0 spiro atoms. The van der Waals surface area contributed by atoms with E-state index in [0.29, 0.717) is 5.41 Å². The summed E-state index contributed by atoms with van der Waals surface area (Å²) >= 11 is 0. The van der Waals surface area contributed by atoms with Crippen LogP contribution < -0.4 is 5.32 Å². The van der Waals surface area contributed by atoms with E-state index in [1.54, 1.807) is 0 Å². The molecule has 1 saturated carbocycles. The van der Waals surface area contributed by atoms with Crippen molar-refractivity contribution in [3.05, 3.63) is 0 Å². The van der Waals surface area contributed by atoms with E-state index in [1.807, 2.05) is 0 Å². The first-order valence-electron chi connectivity index (χ1n) is 7.29. The van der Waals surface area contributed by atoms with Gasteiger partial charge < -0.3 is 5.32 Å². The van der Waals surface area contributed by atoms with Crippen LogP contribution in [0.1, 0.15) is 72.1 Å². The van der Waals surface area contributed by atoms with Crippen molar-refractivity contribution < 1.29 is 0 Å². The molecule has 1 N–H and O–H groups in total. The van der Waals surface area contributed by atoms with E-state index < -0.39 is 0 Å². The summed E-state index contributed by atoms with van der Waals surface area (Å²) in [6.45, 7) is 7.10. The van der Waals surface area contributed by atoms with E-state index in [1.165, 1.54) is 51.4 Å². The summed E-state index contributed by atoms with van der Waals surface area (Å²) in [7, 11) is 2.14. The first-order chi connectivity index (χ1) is 7.61. The molecule has 1 nitrogen and oxygen atoms in total. The van der Waals surface area contributed by atoms with Crippen molar-refractivity contribution in [2.75, 3.05) is 7.05 Å². The molecule has 0 aromatic rings. The van der Waals surface area contributed by atoms with Crippen molar-refractivity contribution in [1.82, 2.24) is 5.32 Å². The first-order valence-corrected chi connectivity index (χ1v) is 7.29. The van der Waals surface area contributed by atoms with E-state index in [0.717, 1.165) is 12.0 Å². The fourth-order valence-electron chi connectivity index (χ4n) is 2.89. The SMILES string of the molecule is CCCCCCCCC(NC)C1CC1(C)C. The molecule has 0 aliphatic heterocycles. The zero-order chi connectivity index (χ0) is 12.0. The van der Waals surface area contributed by atoms with Crippen molar-refractivity contribution in [3.8, 4) is 0 Å². The van der Waals surface area contributed by atoms with Crippen molar-refractivity contribution in [2.45, 2.75) is 78.2 Å². The lowest BCUT2D eigenvalue weighted by Gasteiger charge is -2.17. The van der Waals surface area contributed by atoms with Gasteiger partial charge in [-0.1, -0.05) is 59.3 Å². The molecular formula is C15H31N. The standard InChI is InChI=1S/C15H31N/c1-5-6-7-8-9-10-11-14(16-4)13-12-15(13,2)3/h13-14,16H,5-12H2,1-4H3. The van der Waals surface area contributed by atoms with Crippen LogP contribution in [0.25, 0.3) is 0 Å². The van der Waals surface area contributed by atoms with E-state index in [4.69, 9.17) is 0 Å². The van der Waals surface area contributed by atoms with E-state index in [2.05, 4.69) is 33.1 Å². The maximum Gasteiger partial charge on any atom is 0.00976 e. The Kier molecular flexibility index (Phi) is 5.82. The fourth-order valence-corrected chi connectivity index (χ4v) is 2.89. The highest BCUT2D eigenvalue weighted by molar-refractivity contribution is 5.01. The Labute approximate surface area is 102 Å². The van der Waals surface area contributed by atoms with Crippen LogP contribution in [0.5, 0.6) is 0 Å². The van der Waals surface area contributed by atoms with Crippen LogP contribution in [-0.2, 0) is 0 Å². The van der Waals surface area contributed by atoms with Crippen molar-refractivity contribution in [3.63, 3.8) is 0 Å². The summed E-state index contributed by atoms with van der Waals surface area (Å²) in [6.07, 6.45) is 11.3. The molecule has 0 aromatic heterocycles. The zero-order valence-electron chi connectivity index (χ0n) is 11.8. The average Bonchev–Trinajstić information content (AvgIpc) is 2.87. The normalized spacial score (nSPS) is 24.4. The third kappa shape index (κ3) is 4.45. The zero-order valence-corrected chi connectivity index (χ0v) is 11.8. The van der Waals surface area contributed by atoms with Crippen LogP contribution in [0.3, 0.4) is 0 Å². The molecule has 96 valence electrons. The molecule has 0 saturated heterocycles. The topological polar surface area (TPSA) is 12.0 Å². The van der Waals surface area contributed by atoms with Crippen LogP contribution in [0, 0.1) is 11.3 Å². The summed E-state index contributed by atoms with van der Waals surface area (Å²) < 4.78 is 0. The average molecular weight is 225 g/mol. The molecule has 0 amide bonds. The van der Waals surface area contributed by atoms with Gasteiger partial charge in [0, 0.05) is 6.04 Å². The van der Waals surface area contributed by atoms with E-state index in [-0.39, 0.29) is 0 Å². The summed E-state index contributed by atoms with van der Waals surface area (Å²) in [6, 6.07) is 0.779. The molecule has 2 atom stereocenters. The van der Waals surface area contributed by atoms with Crippen molar-refractivity contribution >= 4 is 0 Å². The third-order valence-electron chi connectivity index (χ3n) is 4.31. The Morgan fingerprint density at radius 3 is 2.19 bits per heavy atom. The molecule has 0 aromatic carbocycles. The maximum atomic E-state index is 3.52. The Morgan fingerprint density at radius 1 is 1.12 bits per heavy atom. The lowest BCUT2D eigenvalue weighted by molar-refractivity contribution is 0.392. The van der Waals surface area contributed by atoms with E-state index in [9.17, 15) is 0 Å². The Morgan fingerprint density at radius 2 is 1.69 bits per heavy atom. The Balaban J connectivity index is 2.02. The molecule has 1 heteroatoms. The Hall–Kier alpha value is -0.0400. The quantitative estimate of drug-likeness (QED) is 0.575. The van der Waals surface area contributed by atoms with E-state index >= 15 is 0 Å². The molecule has 0 radical (unpaired) electrons. The second kappa shape index (κ2) is 6.64. The highest BCUT2D eigenvalue weighted by Gasteiger charge is 2.49. The van der Waals surface area contributed by atoms with Crippen LogP contribution >= 0.6 is 0 Å². The maximum absolute atomic E-state index is 3.52. The van der Waals surface area contributed by atoms with Gasteiger partial charge in [0.15, 0.2) is 0 Å². The number of hydrogen-bond donors (Lipinski definition) is 1. The van der Waals surface area contributed by atoms with Gasteiger partial charge in [0.1, 0.15) is 0 Å². The van der Waals surface area contributed by atoms with Gasteiger partial charge in [0.2, 0.25) is 0 Å². The second-order valence-corrected chi connectivity index (χ2v) is 6.25. The van der Waals surface area contributed by atoms with Gasteiger partial charge >= 0.3 is 0 Å². The molecule has 16 heavy (non-hydrogen) atoms. The number of hydrogen-bond acceptors (Lipinski definition) is 1. The summed E-state index contributed by atoms with van der Waals surface area (Å²) in [5, 5.41) is 3.52. The summed E-state index contributed by atoms with van der Waals surface area (Å²) in [5.41, 5.74) is 0.621. The van der Waals surface area contributed by atoms with Crippen LogP contribution in [0.15, 0.2) is 0 Å². The minimum atomic E-state index is 0.621. The molecule has 1 aliphatic carbocycles. The predicted molar refractivity (Wildman–Crippen MR) is 72.7 cm³/mol. The summed E-state index contributed by atoms with van der Waals surface area (Å²) in [4.78, 5) is 0. The molecule has 1 fully saturated rings. The molecular weight excluding hydrogens is 194 g/mol. The monoisotopic (exact) mass is 225 g/mol. The van der Waals surface area contributed by atoms with Gasteiger partial charge in [-0.2, -0.15) is 0 Å². The predicted octanol–water partition coefficient (Wildman–Crippen LogP) is 4.37. The van der Waals surface area contributed by atoms with Gasteiger partial charge in [0.05, 0.1) is 0 Å². The minimum absolute atomic E-state index is 0.621. The van der Waals surface area contributed by atoms with Crippen LogP contribution in [-0.4, -0.2) is 13.1 Å². The van der Waals surface area contributed by atoms with Gasteiger partial charge in [-0.05, 0) is 31.2 Å². The van der Waals surface area contributed by atoms with Crippen molar-refractivity contribution in [2.24, 2.45) is 11.3 Å².